The number of carbonyl (C=O) groups excluding carboxylic acids is 2. The fourth-order valence-electron chi connectivity index (χ4n) is 3.13. The minimum absolute atomic E-state index is 0.128. The van der Waals surface area contributed by atoms with Gasteiger partial charge in [0.05, 0.1) is 12.6 Å². The lowest BCUT2D eigenvalue weighted by molar-refractivity contribution is -0.126. The molecule has 142 valence electrons. The molecule has 1 atom stereocenters. The Bertz CT molecular complexity index is 796. The van der Waals surface area contributed by atoms with Crippen LogP contribution in [0.25, 0.3) is 0 Å². The fraction of sp³-hybridized carbons (Fsp3) is 0.300. The maximum absolute atomic E-state index is 12.3. The summed E-state index contributed by atoms with van der Waals surface area (Å²) in [5.74, 6) is -0.478. The first-order valence-electron chi connectivity index (χ1n) is 8.88. The highest BCUT2D eigenvalue weighted by atomic mass is 79.9. The van der Waals surface area contributed by atoms with Crippen molar-refractivity contribution in [3.8, 4) is 0 Å². The summed E-state index contributed by atoms with van der Waals surface area (Å²) in [5, 5.41) is 2.90. The Kier molecular flexibility index (Phi) is 6.93. The number of benzene rings is 2. The van der Waals surface area contributed by atoms with E-state index >= 15 is 0 Å². The molecule has 0 aromatic heterocycles. The summed E-state index contributed by atoms with van der Waals surface area (Å²) >= 11 is 5.09. The van der Waals surface area contributed by atoms with Crippen molar-refractivity contribution in [2.75, 3.05) is 18.4 Å². The molecule has 2 aromatic carbocycles. The molecule has 0 saturated carbocycles. The fourth-order valence-corrected chi connectivity index (χ4v) is 4.21. The van der Waals surface area contributed by atoms with E-state index in [2.05, 4.69) is 33.4 Å². The van der Waals surface area contributed by atoms with Gasteiger partial charge in [-0.3, -0.25) is 14.5 Å². The van der Waals surface area contributed by atoms with Crippen molar-refractivity contribution in [2.45, 2.75) is 35.1 Å². The molecule has 0 unspecified atom stereocenters. The standard InChI is InChI=1S/C20H22BrN3O2S/c21-14-4-8-16(9-5-14)27-17-10-6-15(7-11-17)23-19(25)13-24-12-2-1-3-18(24)20(22)26/h4-11,18H,1-3,12-13H2,(H2,22,26)(H,23,25)/t18-/m1/s1. The number of amides is 2. The summed E-state index contributed by atoms with van der Waals surface area (Å²) in [6.07, 6.45) is 2.69. The third-order valence-electron chi connectivity index (χ3n) is 4.48. The smallest absolute Gasteiger partial charge is 0.238 e. The van der Waals surface area contributed by atoms with Crippen molar-refractivity contribution in [2.24, 2.45) is 5.73 Å². The normalized spacial score (nSPS) is 17.4. The van der Waals surface area contributed by atoms with Gasteiger partial charge in [-0.1, -0.05) is 34.1 Å². The zero-order valence-electron chi connectivity index (χ0n) is 14.9. The Hall–Kier alpha value is -1.83. The summed E-state index contributed by atoms with van der Waals surface area (Å²) in [4.78, 5) is 28.0. The van der Waals surface area contributed by atoms with E-state index in [9.17, 15) is 9.59 Å². The van der Waals surface area contributed by atoms with E-state index in [-0.39, 0.29) is 24.4 Å². The van der Waals surface area contributed by atoms with Crippen LogP contribution in [0.15, 0.2) is 62.8 Å². The van der Waals surface area contributed by atoms with Gasteiger partial charge >= 0.3 is 0 Å². The summed E-state index contributed by atoms with van der Waals surface area (Å²) in [7, 11) is 0. The monoisotopic (exact) mass is 447 g/mol. The number of halogens is 1. The van der Waals surface area contributed by atoms with Crippen molar-refractivity contribution in [1.29, 1.82) is 0 Å². The van der Waals surface area contributed by atoms with Crippen LogP contribution < -0.4 is 11.1 Å². The SMILES string of the molecule is NC(=O)[C@H]1CCCCN1CC(=O)Nc1ccc(Sc2ccc(Br)cc2)cc1. The Morgan fingerprint density at radius 2 is 1.70 bits per heavy atom. The molecule has 5 nitrogen and oxygen atoms in total. The van der Waals surface area contributed by atoms with Crippen molar-refractivity contribution in [3.63, 3.8) is 0 Å². The molecule has 3 N–H and O–H groups in total. The van der Waals surface area contributed by atoms with E-state index in [0.717, 1.165) is 45.8 Å². The number of anilines is 1. The number of rotatable bonds is 6. The van der Waals surface area contributed by atoms with Crippen LogP contribution >= 0.6 is 27.7 Å². The van der Waals surface area contributed by atoms with E-state index in [1.54, 1.807) is 11.8 Å². The molecule has 3 rings (SSSR count). The van der Waals surface area contributed by atoms with Gasteiger partial charge in [-0.15, -0.1) is 0 Å². The topological polar surface area (TPSA) is 75.4 Å². The number of primary amides is 1. The molecular weight excluding hydrogens is 426 g/mol. The Balaban J connectivity index is 1.55. The van der Waals surface area contributed by atoms with E-state index in [1.165, 1.54) is 0 Å². The lowest BCUT2D eigenvalue weighted by Crippen LogP contribution is -2.50. The van der Waals surface area contributed by atoms with Crippen molar-refractivity contribution in [1.82, 2.24) is 4.90 Å². The lowest BCUT2D eigenvalue weighted by Gasteiger charge is -2.32. The van der Waals surface area contributed by atoms with Gasteiger partial charge in [0.25, 0.3) is 0 Å². The summed E-state index contributed by atoms with van der Waals surface area (Å²) in [6, 6.07) is 15.5. The molecule has 2 amide bonds. The predicted molar refractivity (Wildman–Crippen MR) is 112 cm³/mol. The van der Waals surface area contributed by atoms with E-state index in [0.29, 0.717) is 0 Å². The molecule has 1 heterocycles. The molecule has 7 heteroatoms. The highest BCUT2D eigenvalue weighted by Gasteiger charge is 2.28. The van der Waals surface area contributed by atoms with Crippen LogP contribution in [0, 0.1) is 0 Å². The highest BCUT2D eigenvalue weighted by Crippen LogP contribution is 2.29. The number of nitrogens with one attached hydrogen (secondary N) is 1. The number of hydrogen-bond acceptors (Lipinski definition) is 4. The van der Waals surface area contributed by atoms with Crippen LogP contribution in [0.1, 0.15) is 19.3 Å². The van der Waals surface area contributed by atoms with E-state index in [1.807, 2.05) is 41.3 Å². The third kappa shape index (κ3) is 5.82. The summed E-state index contributed by atoms with van der Waals surface area (Å²) < 4.78 is 1.05. The van der Waals surface area contributed by atoms with Gasteiger partial charge in [-0.05, 0) is 67.9 Å². The minimum Gasteiger partial charge on any atom is -0.368 e. The van der Waals surface area contributed by atoms with Crippen LogP contribution in [0.3, 0.4) is 0 Å². The van der Waals surface area contributed by atoms with Gasteiger partial charge in [0.1, 0.15) is 0 Å². The average Bonchev–Trinajstić information content (AvgIpc) is 2.65. The maximum Gasteiger partial charge on any atom is 0.238 e. The zero-order chi connectivity index (χ0) is 19.2. The molecule has 1 aliphatic heterocycles. The lowest BCUT2D eigenvalue weighted by atomic mass is 10.0. The van der Waals surface area contributed by atoms with Crippen molar-refractivity contribution < 1.29 is 9.59 Å². The minimum atomic E-state index is -0.350. The molecule has 0 spiro atoms. The van der Waals surface area contributed by atoms with Crippen LogP contribution in [-0.2, 0) is 9.59 Å². The summed E-state index contributed by atoms with van der Waals surface area (Å²) in [5.41, 5.74) is 6.20. The Morgan fingerprint density at radius 3 is 2.33 bits per heavy atom. The molecule has 0 bridgehead atoms. The van der Waals surface area contributed by atoms with Gasteiger partial charge in [-0.25, -0.2) is 0 Å². The van der Waals surface area contributed by atoms with Crippen molar-refractivity contribution in [3.05, 3.63) is 53.0 Å². The van der Waals surface area contributed by atoms with Crippen molar-refractivity contribution >= 4 is 45.2 Å². The van der Waals surface area contributed by atoms with Crippen LogP contribution in [0.4, 0.5) is 5.69 Å². The molecular formula is C20H22BrN3O2S. The zero-order valence-corrected chi connectivity index (χ0v) is 17.3. The van der Waals surface area contributed by atoms with Crippen LogP contribution in [0.5, 0.6) is 0 Å². The first-order chi connectivity index (χ1) is 13.0. The Morgan fingerprint density at radius 1 is 1.07 bits per heavy atom. The molecule has 0 aliphatic carbocycles. The van der Waals surface area contributed by atoms with E-state index < -0.39 is 0 Å². The molecule has 27 heavy (non-hydrogen) atoms. The van der Waals surface area contributed by atoms with Gasteiger partial charge < -0.3 is 11.1 Å². The van der Waals surface area contributed by atoms with E-state index in [4.69, 9.17) is 5.73 Å². The second-order valence-electron chi connectivity index (χ2n) is 6.51. The predicted octanol–water partition coefficient (Wildman–Crippen LogP) is 3.88. The number of likely N-dealkylation sites (tertiary alicyclic amines) is 1. The van der Waals surface area contributed by atoms with Crippen LogP contribution in [-0.4, -0.2) is 35.8 Å². The molecule has 2 aromatic rings. The van der Waals surface area contributed by atoms with Gasteiger partial charge in [0, 0.05) is 20.0 Å². The van der Waals surface area contributed by atoms with Crippen LogP contribution in [0.2, 0.25) is 0 Å². The molecule has 0 radical (unpaired) electrons. The molecule has 1 fully saturated rings. The van der Waals surface area contributed by atoms with Gasteiger partial charge in [0.15, 0.2) is 0 Å². The molecule has 1 aliphatic rings. The second kappa shape index (κ2) is 9.39. The first kappa shape index (κ1) is 19.9. The summed E-state index contributed by atoms with van der Waals surface area (Å²) in [6.45, 7) is 0.910. The van der Waals surface area contributed by atoms with Gasteiger partial charge in [0.2, 0.25) is 11.8 Å². The van der Waals surface area contributed by atoms with Gasteiger partial charge in [-0.2, -0.15) is 0 Å². The Labute approximate surface area is 171 Å². The average molecular weight is 448 g/mol. The number of nitrogens with two attached hydrogens (primary N) is 1. The first-order valence-corrected chi connectivity index (χ1v) is 10.5. The second-order valence-corrected chi connectivity index (χ2v) is 8.58. The molecule has 1 saturated heterocycles. The number of nitrogens with zero attached hydrogens (tertiary/aromatic N) is 1. The largest absolute Gasteiger partial charge is 0.368 e. The number of hydrogen-bond donors (Lipinski definition) is 2. The number of piperidine rings is 1. The highest BCUT2D eigenvalue weighted by molar-refractivity contribution is 9.10. The third-order valence-corrected chi connectivity index (χ3v) is 6.02. The quantitative estimate of drug-likeness (QED) is 0.704. The maximum atomic E-state index is 12.3. The number of carbonyl (C=O) groups is 2.